The average molecular weight is 278 g/mol. The van der Waals surface area contributed by atoms with E-state index in [1.807, 2.05) is 0 Å². The maximum absolute atomic E-state index is 13.5. The summed E-state index contributed by atoms with van der Waals surface area (Å²) in [6.45, 7) is 4.47. The van der Waals surface area contributed by atoms with Crippen LogP contribution in [-0.2, 0) is 0 Å². The largest absolute Gasteiger partial charge is 0.348 e. The molecule has 0 aliphatic carbocycles. The highest BCUT2D eigenvalue weighted by atomic mass is 19.1. The molecule has 0 spiro atoms. The van der Waals surface area contributed by atoms with Gasteiger partial charge in [0.15, 0.2) is 0 Å². The number of carbonyl (C=O) groups is 1. The zero-order valence-electron chi connectivity index (χ0n) is 11.6. The summed E-state index contributed by atoms with van der Waals surface area (Å²) in [6.07, 6.45) is 2.22. The number of aromatic amines is 1. The summed E-state index contributed by atoms with van der Waals surface area (Å²) in [5, 5.41) is 2.84. The van der Waals surface area contributed by atoms with E-state index in [2.05, 4.69) is 29.1 Å². The van der Waals surface area contributed by atoms with Crippen LogP contribution in [-0.4, -0.2) is 28.5 Å². The van der Waals surface area contributed by atoms with Crippen molar-refractivity contribution in [2.75, 3.05) is 6.54 Å². The monoisotopic (exact) mass is 278 g/mol. The number of aromatic nitrogens is 2. The molecule has 0 fully saturated rings. The minimum absolute atomic E-state index is 0.125. The molecule has 1 aromatic carbocycles. The summed E-state index contributed by atoms with van der Waals surface area (Å²) >= 11 is 0. The molecule has 6 heteroatoms. The first-order valence-electron chi connectivity index (χ1n) is 6.64. The Balaban J connectivity index is 2.24. The molecule has 1 unspecified atom stereocenters. The van der Waals surface area contributed by atoms with Crippen LogP contribution in [0.25, 0.3) is 11.0 Å². The van der Waals surface area contributed by atoms with Crippen molar-refractivity contribution in [3.63, 3.8) is 0 Å². The number of H-pyrrole nitrogens is 1. The first-order chi connectivity index (χ1) is 9.51. The summed E-state index contributed by atoms with van der Waals surface area (Å²) in [6, 6.07) is 2.38. The fourth-order valence-corrected chi connectivity index (χ4v) is 2.23. The topological polar surface area (TPSA) is 83.8 Å². The number of amides is 1. The lowest BCUT2D eigenvalue weighted by molar-refractivity contribution is 0.0935. The van der Waals surface area contributed by atoms with E-state index >= 15 is 0 Å². The minimum atomic E-state index is -0.472. The van der Waals surface area contributed by atoms with Crippen LogP contribution in [0.2, 0.25) is 0 Å². The number of hydrogen-bond donors (Lipinski definition) is 3. The van der Waals surface area contributed by atoms with Gasteiger partial charge in [0.1, 0.15) is 11.3 Å². The van der Waals surface area contributed by atoms with Gasteiger partial charge in [-0.15, -0.1) is 0 Å². The number of rotatable bonds is 5. The standard InChI is InChI=1S/C14H19FN4O/c1-8(2)3-10(6-16)19-14(20)11-4-9(15)5-12-13(11)18-7-17-12/h4-5,7-8,10H,3,6,16H2,1-2H3,(H,17,18)(H,19,20). The molecule has 0 radical (unpaired) electrons. The lowest BCUT2D eigenvalue weighted by Crippen LogP contribution is -2.41. The second-order valence-corrected chi connectivity index (χ2v) is 5.29. The van der Waals surface area contributed by atoms with Gasteiger partial charge in [-0.05, 0) is 24.5 Å². The molecule has 5 nitrogen and oxygen atoms in total. The summed E-state index contributed by atoms with van der Waals surface area (Å²) in [7, 11) is 0. The summed E-state index contributed by atoms with van der Waals surface area (Å²) in [5.74, 6) is -0.403. The molecular formula is C14H19FN4O. The SMILES string of the molecule is CC(C)CC(CN)NC(=O)c1cc(F)cc2[nH]cnc12. The number of nitrogens with zero attached hydrogens (tertiary/aromatic N) is 1. The molecule has 2 rings (SSSR count). The van der Waals surface area contributed by atoms with Crippen molar-refractivity contribution in [3.8, 4) is 0 Å². The molecule has 1 amide bonds. The molecule has 2 aromatic rings. The van der Waals surface area contributed by atoms with Gasteiger partial charge < -0.3 is 16.0 Å². The van der Waals surface area contributed by atoms with Crippen molar-refractivity contribution in [1.82, 2.24) is 15.3 Å². The second kappa shape index (κ2) is 6.00. The quantitative estimate of drug-likeness (QED) is 0.780. The van der Waals surface area contributed by atoms with Crippen molar-refractivity contribution in [2.24, 2.45) is 11.7 Å². The van der Waals surface area contributed by atoms with Crippen LogP contribution in [0.15, 0.2) is 18.5 Å². The zero-order valence-corrected chi connectivity index (χ0v) is 11.6. The van der Waals surface area contributed by atoms with Gasteiger partial charge in [-0.1, -0.05) is 13.8 Å². The Bertz CT molecular complexity index is 608. The Morgan fingerprint density at radius 3 is 2.90 bits per heavy atom. The molecule has 0 saturated carbocycles. The molecule has 0 aliphatic rings. The lowest BCUT2D eigenvalue weighted by Gasteiger charge is -2.19. The van der Waals surface area contributed by atoms with Crippen molar-refractivity contribution in [1.29, 1.82) is 0 Å². The van der Waals surface area contributed by atoms with E-state index in [0.717, 1.165) is 6.42 Å². The molecule has 1 heterocycles. The van der Waals surface area contributed by atoms with Crippen LogP contribution in [0.3, 0.4) is 0 Å². The van der Waals surface area contributed by atoms with E-state index in [4.69, 9.17) is 5.73 Å². The summed E-state index contributed by atoms with van der Waals surface area (Å²) in [5.41, 5.74) is 6.85. The molecule has 108 valence electrons. The van der Waals surface area contributed by atoms with E-state index in [-0.39, 0.29) is 17.5 Å². The molecular weight excluding hydrogens is 259 g/mol. The van der Waals surface area contributed by atoms with Crippen molar-refractivity contribution in [3.05, 3.63) is 29.8 Å². The number of hydrogen-bond acceptors (Lipinski definition) is 3. The van der Waals surface area contributed by atoms with Gasteiger partial charge in [-0.2, -0.15) is 0 Å². The van der Waals surface area contributed by atoms with Crippen LogP contribution in [0.1, 0.15) is 30.6 Å². The van der Waals surface area contributed by atoms with Crippen LogP contribution < -0.4 is 11.1 Å². The van der Waals surface area contributed by atoms with Gasteiger partial charge in [-0.3, -0.25) is 4.79 Å². The smallest absolute Gasteiger partial charge is 0.253 e. The van der Waals surface area contributed by atoms with E-state index in [1.165, 1.54) is 18.5 Å². The Labute approximate surface area is 116 Å². The van der Waals surface area contributed by atoms with Crippen LogP contribution in [0.5, 0.6) is 0 Å². The number of nitrogens with two attached hydrogens (primary N) is 1. The number of halogens is 1. The predicted molar refractivity (Wildman–Crippen MR) is 75.8 cm³/mol. The third kappa shape index (κ3) is 3.14. The maximum Gasteiger partial charge on any atom is 0.253 e. The van der Waals surface area contributed by atoms with E-state index in [1.54, 1.807) is 0 Å². The highest BCUT2D eigenvalue weighted by Crippen LogP contribution is 2.17. The predicted octanol–water partition coefficient (Wildman–Crippen LogP) is 1.81. The van der Waals surface area contributed by atoms with Gasteiger partial charge in [0.2, 0.25) is 0 Å². The maximum atomic E-state index is 13.5. The number of benzene rings is 1. The van der Waals surface area contributed by atoms with Crippen molar-refractivity contribution < 1.29 is 9.18 Å². The fourth-order valence-electron chi connectivity index (χ4n) is 2.23. The van der Waals surface area contributed by atoms with Crippen molar-refractivity contribution >= 4 is 16.9 Å². The van der Waals surface area contributed by atoms with E-state index in [0.29, 0.717) is 23.5 Å². The highest BCUT2D eigenvalue weighted by molar-refractivity contribution is 6.04. The number of carbonyl (C=O) groups excluding carboxylic acids is 1. The fraction of sp³-hybridized carbons (Fsp3) is 0.429. The Morgan fingerprint density at radius 1 is 1.50 bits per heavy atom. The third-order valence-corrected chi connectivity index (χ3v) is 3.11. The molecule has 0 aliphatic heterocycles. The van der Waals surface area contributed by atoms with E-state index in [9.17, 15) is 9.18 Å². The molecule has 1 atom stereocenters. The van der Waals surface area contributed by atoms with Gasteiger partial charge in [-0.25, -0.2) is 9.37 Å². The molecule has 4 N–H and O–H groups in total. The van der Waals surface area contributed by atoms with Crippen LogP contribution in [0, 0.1) is 11.7 Å². The highest BCUT2D eigenvalue weighted by Gasteiger charge is 2.18. The molecule has 1 aromatic heterocycles. The zero-order chi connectivity index (χ0) is 14.7. The first-order valence-corrected chi connectivity index (χ1v) is 6.64. The lowest BCUT2D eigenvalue weighted by atomic mass is 10.0. The first kappa shape index (κ1) is 14.5. The number of nitrogens with one attached hydrogen (secondary N) is 2. The normalized spacial score (nSPS) is 12.8. The van der Waals surface area contributed by atoms with Gasteiger partial charge in [0.25, 0.3) is 5.91 Å². The Kier molecular flexibility index (Phi) is 4.34. The van der Waals surface area contributed by atoms with Crippen LogP contribution in [0.4, 0.5) is 4.39 Å². The Morgan fingerprint density at radius 2 is 2.25 bits per heavy atom. The van der Waals surface area contributed by atoms with Gasteiger partial charge in [0, 0.05) is 12.6 Å². The van der Waals surface area contributed by atoms with Gasteiger partial charge >= 0.3 is 0 Å². The second-order valence-electron chi connectivity index (χ2n) is 5.29. The van der Waals surface area contributed by atoms with Gasteiger partial charge in [0.05, 0.1) is 17.4 Å². The van der Waals surface area contributed by atoms with E-state index < -0.39 is 5.82 Å². The summed E-state index contributed by atoms with van der Waals surface area (Å²) < 4.78 is 13.5. The molecule has 20 heavy (non-hydrogen) atoms. The Hall–Kier alpha value is -1.95. The summed E-state index contributed by atoms with van der Waals surface area (Å²) in [4.78, 5) is 19.1. The average Bonchev–Trinajstić information content (AvgIpc) is 2.84. The van der Waals surface area contributed by atoms with Crippen LogP contribution >= 0.6 is 0 Å². The molecule has 0 saturated heterocycles. The van der Waals surface area contributed by atoms with Crippen molar-refractivity contribution in [2.45, 2.75) is 26.3 Å². The number of fused-ring (bicyclic) bond motifs is 1. The minimum Gasteiger partial charge on any atom is -0.348 e. The third-order valence-electron chi connectivity index (χ3n) is 3.11. The molecule has 0 bridgehead atoms. The number of imidazole rings is 1.